The molecule has 1 N–H and O–H groups in total. The van der Waals surface area contributed by atoms with E-state index in [1.165, 1.54) is 21.2 Å². The van der Waals surface area contributed by atoms with E-state index >= 15 is 0 Å². The van der Waals surface area contributed by atoms with E-state index < -0.39 is 10.0 Å². The van der Waals surface area contributed by atoms with Crippen molar-refractivity contribution in [1.82, 2.24) is 14.5 Å². The van der Waals surface area contributed by atoms with Gasteiger partial charge < -0.3 is 10.2 Å². The van der Waals surface area contributed by atoms with Gasteiger partial charge in [0.2, 0.25) is 15.9 Å². The first-order chi connectivity index (χ1) is 15.4. The minimum atomic E-state index is -3.55. The number of sulfonamides is 1. The molecule has 1 aromatic heterocycles. The maximum atomic E-state index is 13.1. The van der Waals surface area contributed by atoms with E-state index in [4.69, 9.17) is 0 Å². The molecular formula is C23H29N3O4S2. The zero-order chi connectivity index (χ0) is 22.6. The van der Waals surface area contributed by atoms with Crippen LogP contribution in [0.15, 0.2) is 39.9 Å². The lowest BCUT2D eigenvalue weighted by molar-refractivity contribution is -0.132. The Morgan fingerprint density at radius 1 is 1.00 bits per heavy atom. The summed E-state index contributed by atoms with van der Waals surface area (Å²) in [6.07, 6.45) is 5.12. The molecule has 9 heteroatoms. The lowest BCUT2D eigenvalue weighted by atomic mass is 9.92. The molecule has 32 heavy (non-hydrogen) atoms. The third-order valence-electron chi connectivity index (χ3n) is 6.19. The number of fused-ring (bicyclic) bond motifs is 1. The number of thiophene rings is 1. The Morgan fingerprint density at radius 3 is 2.47 bits per heavy atom. The molecule has 1 fully saturated rings. The van der Waals surface area contributed by atoms with Crippen LogP contribution in [-0.2, 0) is 27.7 Å². The molecule has 7 nitrogen and oxygen atoms in total. The van der Waals surface area contributed by atoms with Crippen molar-refractivity contribution in [3.8, 4) is 0 Å². The first-order valence-electron chi connectivity index (χ1n) is 11.2. The van der Waals surface area contributed by atoms with E-state index in [0.717, 1.165) is 31.2 Å². The Bertz CT molecular complexity index is 1060. The molecule has 2 amide bonds. The summed E-state index contributed by atoms with van der Waals surface area (Å²) in [5, 5.41) is 6.46. The second-order valence-electron chi connectivity index (χ2n) is 8.29. The summed E-state index contributed by atoms with van der Waals surface area (Å²) >= 11 is 1.47. The first kappa shape index (κ1) is 22.9. The molecule has 2 aliphatic rings. The van der Waals surface area contributed by atoms with Crippen molar-refractivity contribution in [1.29, 1.82) is 0 Å². The fraction of sp³-hybridized carbons (Fsp3) is 0.478. The molecule has 1 aromatic carbocycles. The number of piperazine rings is 1. The van der Waals surface area contributed by atoms with Gasteiger partial charge in [-0.1, -0.05) is 6.07 Å². The molecule has 4 rings (SSSR count). The van der Waals surface area contributed by atoms with Gasteiger partial charge in [0.25, 0.3) is 5.91 Å². The van der Waals surface area contributed by atoms with Gasteiger partial charge in [-0.05, 0) is 66.8 Å². The minimum Gasteiger partial charge on any atom is -0.352 e. The molecule has 1 aliphatic carbocycles. The summed E-state index contributed by atoms with van der Waals surface area (Å²) in [5.41, 5.74) is 3.05. The molecule has 0 atom stereocenters. The Balaban J connectivity index is 1.24. The number of nitrogens with one attached hydrogen (secondary N) is 1. The largest absolute Gasteiger partial charge is 0.352 e. The molecule has 0 unspecified atom stereocenters. The Hall–Kier alpha value is -2.23. The van der Waals surface area contributed by atoms with Gasteiger partial charge in [-0.2, -0.15) is 15.6 Å². The summed E-state index contributed by atoms with van der Waals surface area (Å²) < 4.78 is 27.7. The molecular weight excluding hydrogens is 446 g/mol. The van der Waals surface area contributed by atoms with E-state index in [1.54, 1.807) is 22.4 Å². The highest BCUT2D eigenvalue weighted by Crippen LogP contribution is 2.26. The number of benzene rings is 1. The Morgan fingerprint density at radius 2 is 1.75 bits per heavy atom. The van der Waals surface area contributed by atoms with Gasteiger partial charge in [0, 0.05) is 50.1 Å². The molecule has 1 saturated heterocycles. The van der Waals surface area contributed by atoms with Crippen LogP contribution >= 0.6 is 11.3 Å². The van der Waals surface area contributed by atoms with Crippen molar-refractivity contribution in [2.24, 2.45) is 0 Å². The third-order valence-corrected chi connectivity index (χ3v) is 8.76. The van der Waals surface area contributed by atoms with Crippen molar-refractivity contribution in [3.63, 3.8) is 0 Å². The second-order valence-corrected chi connectivity index (χ2v) is 11.0. The van der Waals surface area contributed by atoms with Crippen LogP contribution in [0.4, 0.5) is 0 Å². The number of aryl methyl sites for hydroxylation is 2. The molecule has 0 radical (unpaired) electrons. The average Bonchev–Trinajstić information content (AvgIpc) is 3.36. The molecule has 0 saturated carbocycles. The molecule has 2 aromatic rings. The second kappa shape index (κ2) is 10.1. The van der Waals surface area contributed by atoms with E-state index in [-0.39, 0.29) is 11.8 Å². The van der Waals surface area contributed by atoms with Crippen LogP contribution in [0.3, 0.4) is 0 Å². The van der Waals surface area contributed by atoms with Crippen molar-refractivity contribution in [2.45, 2.75) is 43.4 Å². The van der Waals surface area contributed by atoms with E-state index in [9.17, 15) is 18.0 Å². The van der Waals surface area contributed by atoms with Crippen LogP contribution in [0.2, 0.25) is 0 Å². The number of hydrogen-bond donors (Lipinski definition) is 1. The number of carbonyl (C=O) groups excluding carboxylic acids is 2. The van der Waals surface area contributed by atoms with Crippen LogP contribution in [0.5, 0.6) is 0 Å². The summed E-state index contributed by atoms with van der Waals surface area (Å²) in [5.74, 6) is -0.125. The normalized spacial score (nSPS) is 17.1. The van der Waals surface area contributed by atoms with Crippen LogP contribution in [0, 0.1) is 0 Å². The van der Waals surface area contributed by atoms with Crippen LogP contribution in [-0.4, -0.2) is 62.2 Å². The monoisotopic (exact) mass is 475 g/mol. The smallest absolute Gasteiger partial charge is 0.252 e. The first-order valence-corrected chi connectivity index (χ1v) is 13.5. The highest BCUT2D eigenvalue weighted by molar-refractivity contribution is 7.89. The van der Waals surface area contributed by atoms with Gasteiger partial charge >= 0.3 is 0 Å². The zero-order valence-corrected chi connectivity index (χ0v) is 19.7. The van der Waals surface area contributed by atoms with Gasteiger partial charge in [-0.3, -0.25) is 9.59 Å². The van der Waals surface area contributed by atoms with Crippen molar-refractivity contribution < 1.29 is 18.0 Å². The number of nitrogens with zero attached hydrogens (tertiary/aromatic N) is 2. The fourth-order valence-electron chi connectivity index (χ4n) is 4.29. The summed E-state index contributed by atoms with van der Waals surface area (Å²) in [4.78, 5) is 26.5. The van der Waals surface area contributed by atoms with Crippen molar-refractivity contribution in [2.75, 3.05) is 32.7 Å². The number of carbonyl (C=O) groups is 2. The van der Waals surface area contributed by atoms with Gasteiger partial charge in [-0.25, -0.2) is 8.42 Å². The standard InChI is InChI=1S/C23H29N3O4S2/c27-22(6-3-10-24-23(28)20-9-15-31-17-20)25-11-13-26(14-12-25)32(29,30)21-8-7-18-4-1-2-5-19(18)16-21/h7-9,15-17H,1-6,10-14H2,(H,24,28). The summed E-state index contributed by atoms with van der Waals surface area (Å²) in [7, 11) is -3.55. The van der Waals surface area contributed by atoms with Crippen LogP contribution in [0.1, 0.15) is 47.2 Å². The van der Waals surface area contributed by atoms with Crippen molar-refractivity contribution >= 4 is 33.2 Å². The van der Waals surface area contributed by atoms with Crippen LogP contribution in [0.25, 0.3) is 0 Å². The van der Waals surface area contributed by atoms with Crippen molar-refractivity contribution in [3.05, 3.63) is 51.7 Å². The maximum absolute atomic E-state index is 13.1. The Labute approximate surface area is 193 Å². The van der Waals surface area contributed by atoms with E-state index in [0.29, 0.717) is 56.0 Å². The van der Waals surface area contributed by atoms with Crippen LogP contribution < -0.4 is 5.32 Å². The number of rotatable bonds is 7. The molecule has 172 valence electrons. The number of hydrogen-bond acceptors (Lipinski definition) is 5. The molecule has 2 heterocycles. The topological polar surface area (TPSA) is 86.8 Å². The molecule has 0 bridgehead atoms. The lowest BCUT2D eigenvalue weighted by Gasteiger charge is -2.34. The highest BCUT2D eigenvalue weighted by atomic mass is 32.2. The summed E-state index contributed by atoms with van der Waals surface area (Å²) in [6, 6.07) is 7.29. The average molecular weight is 476 g/mol. The zero-order valence-electron chi connectivity index (χ0n) is 18.1. The van der Waals surface area contributed by atoms with Gasteiger partial charge in [0.05, 0.1) is 4.90 Å². The van der Waals surface area contributed by atoms with E-state index in [2.05, 4.69) is 5.32 Å². The highest BCUT2D eigenvalue weighted by Gasteiger charge is 2.30. The SMILES string of the molecule is O=C(NCCCC(=O)N1CCN(S(=O)(=O)c2ccc3c(c2)CCCC3)CC1)c1ccsc1. The lowest BCUT2D eigenvalue weighted by Crippen LogP contribution is -2.50. The maximum Gasteiger partial charge on any atom is 0.252 e. The van der Waals surface area contributed by atoms with E-state index in [1.807, 2.05) is 17.5 Å². The molecule has 1 aliphatic heterocycles. The minimum absolute atomic E-state index is 0.000566. The predicted molar refractivity (Wildman–Crippen MR) is 124 cm³/mol. The Kier molecular flexibility index (Phi) is 7.27. The van der Waals surface area contributed by atoms with Gasteiger partial charge in [-0.15, -0.1) is 0 Å². The van der Waals surface area contributed by atoms with Gasteiger partial charge in [0.15, 0.2) is 0 Å². The third kappa shape index (κ3) is 5.22. The number of amides is 2. The molecule has 0 spiro atoms. The quantitative estimate of drug-likeness (QED) is 0.624. The van der Waals surface area contributed by atoms with Gasteiger partial charge in [0.1, 0.15) is 0 Å². The predicted octanol–water partition coefficient (Wildman–Crippen LogP) is 2.67. The summed E-state index contributed by atoms with van der Waals surface area (Å²) in [6.45, 7) is 1.84. The fourth-order valence-corrected chi connectivity index (χ4v) is 6.40.